The first kappa shape index (κ1) is 14.2. The van der Waals surface area contributed by atoms with Gasteiger partial charge in [-0.05, 0) is 54.3 Å². The van der Waals surface area contributed by atoms with Gasteiger partial charge in [-0.2, -0.15) is 0 Å². The third-order valence-electron chi connectivity index (χ3n) is 3.11. The first-order chi connectivity index (χ1) is 8.90. The van der Waals surface area contributed by atoms with Gasteiger partial charge < -0.3 is 5.73 Å². The molecule has 0 saturated carbocycles. The highest BCUT2D eigenvalue weighted by atomic mass is 79.9. The summed E-state index contributed by atoms with van der Waals surface area (Å²) in [5.74, 6) is -0.571. The molecule has 0 spiro atoms. The molecule has 0 amide bonds. The Balaban J connectivity index is 2.49. The van der Waals surface area contributed by atoms with Crippen molar-refractivity contribution in [1.82, 2.24) is 0 Å². The highest BCUT2D eigenvalue weighted by Crippen LogP contribution is 2.29. The Morgan fingerprint density at radius 1 is 1.05 bits per heavy atom. The van der Waals surface area contributed by atoms with Crippen molar-refractivity contribution >= 4 is 15.9 Å². The number of benzene rings is 2. The molecule has 4 heteroatoms. The molecular weight excluding hydrogens is 312 g/mol. The molecule has 2 aromatic rings. The van der Waals surface area contributed by atoms with Gasteiger partial charge in [0.15, 0.2) is 0 Å². The maximum atomic E-state index is 13.6. The lowest BCUT2D eigenvalue weighted by molar-refractivity contribution is 0.606. The van der Waals surface area contributed by atoms with Crippen LogP contribution in [0.4, 0.5) is 8.78 Å². The molecule has 1 atom stereocenters. The minimum absolute atomic E-state index is 0.228. The van der Waals surface area contributed by atoms with Crippen LogP contribution in [0.1, 0.15) is 28.3 Å². The van der Waals surface area contributed by atoms with Gasteiger partial charge in [-0.15, -0.1) is 0 Å². The van der Waals surface area contributed by atoms with Gasteiger partial charge in [0, 0.05) is 4.47 Å². The molecule has 0 aliphatic heterocycles. The Morgan fingerprint density at radius 3 is 2.21 bits per heavy atom. The van der Waals surface area contributed by atoms with E-state index in [1.807, 2.05) is 0 Å². The van der Waals surface area contributed by atoms with Gasteiger partial charge >= 0.3 is 0 Å². The van der Waals surface area contributed by atoms with Crippen molar-refractivity contribution in [2.75, 3.05) is 0 Å². The molecule has 2 rings (SSSR count). The standard InChI is InChI=1S/C15H14BrF2N/c1-8-5-10(6-9(2)14(8)18)15(19)12-7-11(17)3-4-13(12)16/h3-7,15H,19H2,1-2H3. The van der Waals surface area contributed by atoms with Crippen LogP contribution in [0.2, 0.25) is 0 Å². The van der Waals surface area contributed by atoms with Crippen LogP contribution in [0.3, 0.4) is 0 Å². The Bertz CT molecular complexity index is 603. The molecule has 2 aromatic carbocycles. The molecule has 2 N–H and O–H groups in total. The summed E-state index contributed by atoms with van der Waals surface area (Å²) in [6.07, 6.45) is 0. The van der Waals surface area contributed by atoms with Gasteiger partial charge in [-0.25, -0.2) is 8.78 Å². The minimum atomic E-state index is -0.497. The summed E-state index contributed by atoms with van der Waals surface area (Å²) >= 11 is 3.36. The van der Waals surface area contributed by atoms with Crippen LogP contribution in [0.5, 0.6) is 0 Å². The molecular formula is C15H14BrF2N. The quantitative estimate of drug-likeness (QED) is 0.870. The summed E-state index contributed by atoms with van der Waals surface area (Å²) in [4.78, 5) is 0. The van der Waals surface area contributed by atoms with Gasteiger partial charge in [0.05, 0.1) is 6.04 Å². The molecule has 0 aromatic heterocycles. The van der Waals surface area contributed by atoms with E-state index in [0.717, 1.165) is 10.0 Å². The van der Waals surface area contributed by atoms with Crippen molar-refractivity contribution in [2.45, 2.75) is 19.9 Å². The highest BCUT2D eigenvalue weighted by molar-refractivity contribution is 9.10. The molecule has 0 radical (unpaired) electrons. The molecule has 0 aliphatic carbocycles. The number of nitrogens with two attached hydrogens (primary N) is 1. The van der Waals surface area contributed by atoms with Crippen molar-refractivity contribution in [3.63, 3.8) is 0 Å². The van der Waals surface area contributed by atoms with Crippen LogP contribution >= 0.6 is 15.9 Å². The van der Waals surface area contributed by atoms with E-state index < -0.39 is 6.04 Å². The molecule has 1 unspecified atom stereocenters. The topological polar surface area (TPSA) is 26.0 Å². The molecule has 19 heavy (non-hydrogen) atoms. The van der Waals surface area contributed by atoms with E-state index in [4.69, 9.17) is 5.73 Å². The van der Waals surface area contributed by atoms with Crippen molar-refractivity contribution < 1.29 is 8.78 Å². The predicted molar refractivity (Wildman–Crippen MR) is 76.0 cm³/mol. The number of aryl methyl sites for hydroxylation is 2. The van der Waals surface area contributed by atoms with Crippen LogP contribution in [-0.4, -0.2) is 0 Å². The third kappa shape index (κ3) is 2.85. The summed E-state index contributed by atoms with van der Waals surface area (Å²) in [7, 11) is 0. The Kier molecular flexibility index (Phi) is 4.02. The Morgan fingerprint density at radius 2 is 1.63 bits per heavy atom. The van der Waals surface area contributed by atoms with Crippen molar-refractivity contribution in [1.29, 1.82) is 0 Å². The fourth-order valence-electron chi connectivity index (χ4n) is 2.09. The summed E-state index contributed by atoms with van der Waals surface area (Å²) in [6, 6.07) is 7.27. The van der Waals surface area contributed by atoms with E-state index in [0.29, 0.717) is 16.7 Å². The smallest absolute Gasteiger partial charge is 0.129 e. The lowest BCUT2D eigenvalue weighted by Crippen LogP contribution is -2.13. The second kappa shape index (κ2) is 5.39. The van der Waals surface area contributed by atoms with Crippen LogP contribution in [0.25, 0.3) is 0 Å². The van der Waals surface area contributed by atoms with Gasteiger partial charge in [0.2, 0.25) is 0 Å². The fourth-order valence-corrected chi connectivity index (χ4v) is 2.58. The van der Waals surface area contributed by atoms with E-state index in [1.54, 1.807) is 32.0 Å². The van der Waals surface area contributed by atoms with E-state index in [-0.39, 0.29) is 11.6 Å². The minimum Gasteiger partial charge on any atom is -0.320 e. The van der Waals surface area contributed by atoms with E-state index in [9.17, 15) is 8.78 Å². The van der Waals surface area contributed by atoms with Crippen molar-refractivity contribution in [3.05, 3.63) is 68.7 Å². The van der Waals surface area contributed by atoms with Crippen LogP contribution in [-0.2, 0) is 0 Å². The second-order valence-corrected chi connectivity index (χ2v) is 5.47. The van der Waals surface area contributed by atoms with E-state index >= 15 is 0 Å². The molecule has 1 nitrogen and oxygen atoms in total. The fraction of sp³-hybridized carbons (Fsp3) is 0.200. The monoisotopic (exact) mass is 325 g/mol. The molecule has 100 valence electrons. The molecule has 0 heterocycles. The normalized spacial score (nSPS) is 12.5. The predicted octanol–water partition coefficient (Wildman–Crippen LogP) is 4.39. The van der Waals surface area contributed by atoms with Gasteiger partial charge in [0.1, 0.15) is 11.6 Å². The zero-order valence-corrected chi connectivity index (χ0v) is 12.3. The molecule has 0 fully saturated rings. The lowest BCUT2D eigenvalue weighted by Gasteiger charge is -2.16. The molecule has 0 saturated heterocycles. The average molecular weight is 326 g/mol. The van der Waals surface area contributed by atoms with E-state index in [1.165, 1.54) is 12.1 Å². The summed E-state index contributed by atoms with van der Waals surface area (Å²) in [5.41, 5.74) is 8.64. The first-order valence-corrected chi connectivity index (χ1v) is 6.66. The van der Waals surface area contributed by atoms with E-state index in [2.05, 4.69) is 15.9 Å². The molecule has 0 aliphatic rings. The third-order valence-corrected chi connectivity index (χ3v) is 3.83. The Hall–Kier alpha value is -1.26. The second-order valence-electron chi connectivity index (χ2n) is 4.61. The zero-order chi connectivity index (χ0) is 14.2. The number of halogens is 3. The van der Waals surface area contributed by atoms with Crippen LogP contribution in [0, 0.1) is 25.5 Å². The highest BCUT2D eigenvalue weighted by Gasteiger charge is 2.15. The first-order valence-electron chi connectivity index (χ1n) is 5.87. The zero-order valence-electron chi connectivity index (χ0n) is 10.7. The largest absolute Gasteiger partial charge is 0.320 e. The molecule has 0 bridgehead atoms. The number of hydrogen-bond acceptors (Lipinski definition) is 1. The van der Waals surface area contributed by atoms with Gasteiger partial charge in [-0.1, -0.05) is 28.1 Å². The summed E-state index contributed by atoms with van der Waals surface area (Å²) < 4.78 is 27.7. The number of hydrogen-bond donors (Lipinski definition) is 1. The van der Waals surface area contributed by atoms with Crippen molar-refractivity contribution in [3.8, 4) is 0 Å². The average Bonchev–Trinajstić information content (AvgIpc) is 2.37. The van der Waals surface area contributed by atoms with Crippen LogP contribution < -0.4 is 5.73 Å². The van der Waals surface area contributed by atoms with Crippen LogP contribution in [0.15, 0.2) is 34.8 Å². The van der Waals surface area contributed by atoms with Crippen molar-refractivity contribution in [2.24, 2.45) is 5.73 Å². The SMILES string of the molecule is Cc1cc(C(N)c2cc(F)ccc2Br)cc(C)c1F. The maximum Gasteiger partial charge on any atom is 0.129 e. The summed E-state index contributed by atoms with van der Waals surface area (Å²) in [5, 5.41) is 0. The maximum absolute atomic E-state index is 13.6. The number of rotatable bonds is 2. The van der Waals surface area contributed by atoms with Gasteiger partial charge in [-0.3, -0.25) is 0 Å². The van der Waals surface area contributed by atoms with Gasteiger partial charge in [0.25, 0.3) is 0 Å². The lowest BCUT2D eigenvalue weighted by atomic mass is 9.96. The summed E-state index contributed by atoms with van der Waals surface area (Å²) in [6.45, 7) is 3.39. The Labute approximate surface area is 119 Å².